The van der Waals surface area contributed by atoms with Crippen molar-refractivity contribution >= 4 is 72.4 Å². The Kier molecular flexibility index (Phi) is 18.3. The monoisotopic (exact) mass is 1300 g/mol. The molecule has 2 atom stereocenters. The molecule has 2 aliphatic heterocycles. The summed E-state index contributed by atoms with van der Waals surface area (Å²) in [6.45, 7) is 9.11. The first-order valence-electron chi connectivity index (χ1n) is 32.5. The Hall–Kier alpha value is -9.01. The molecule has 0 radical (unpaired) electrons. The molecule has 2 saturated heterocycles. The molecule has 94 heavy (non-hydrogen) atoms. The summed E-state index contributed by atoms with van der Waals surface area (Å²) >= 11 is 0.992. The van der Waals surface area contributed by atoms with Crippen molar-refractivity contribution in [3.05, 3.63) is 192 Å². The van der Waals surface area contributed by atoms with Crippen molar-refractivity contribution in [2.24, 2.45) is 0 Å². The summed E-state index contributed by atoms with van der Waals surface area (Å²) in [5.74, 6) is 0.664. The molecule has 1 amide bonds. The van der Waals surface area contributed by atoms with E-state index >= 15 is 0 Å². The Morgan fingerprint density at radius 3 is 1.45 bits per heavy atom. The summed E-state index contributed by atoms with van der Waals surface area (Å²) in [6, 6.07) is 44.7. The van der Waals surface area contributed by atoms with Crippen LogP contribution in [0.3, 0.4) is 0 Å². The van der Waals surface area contributed by atoms with Crippen molar-refractivity contribution in [2.45, 2.75) is 92.5 Å². The molecule has 2 unspecified atom stereocenters. The maximum Gasteiger partial charge on any atom is 0.252 e. The van der Waals surface area contributed by atoms with Gasteiger partial charge in [-0.25, -0.2) is 37.7 Å². The van der Waals surface area contributed by atoms with E-state index in [1.165, 1.54) is 12.7 Å². The highest BCUT2D eigenvalue weighted by atomic mass is 32.2. The molecule has 11 aromatic rings. The van der Waals surface area contributed by atoms with Crippen LogP contribution in [0.5, 0.6) is 0 Å². The second kappa shape index (κ2) is 27.5. The normalized spacial score (nSPS) is 20.2. The average Bonchev–Trinajstić information content (AvgIpc) is 1.61. The number of anilines is 2. The second-order valence-corrected chi connectivity index (χ2v) is 27.5. The first-order valence-corrected chi connectivity index (χ1v) is 34.7. The van der Waals surface area contributed by atoms with Crippen molar-refractivity contribution in [1.29, 1.82) is 0 Å². The summed E-state index contributed by atoms with van der Waals surface area (Å²) in [5.41, 5.74) is 22.8. The van der Waals surface area contributed by atoms with Crippen LogP contribution >= 0.6 is 11.7 Å². The summed E-state index contributed by atoms with van der Waals surface area (Å²) in [5, 5.41) is 15.0. The molecule has 22 nitrogen and oxygen atoms in total. The van der Waals surface area contributed by atoms with Crippen LogP contribution in [0.1, 0.15) is 108 Å². The first kappa shape index (κ1) is 62.4. The number of aromatic nitrogens is 11. The van der Waals surface area contributed by atoms with Crippen molar-refractivity contribution in [3.63, 3.8) is 0 Å². The molecular weight excluding hydrogens is 1220 g/mol. The summed E-state index contributed by atoms with van der Waals surface area (Å²) in [7, 11) is 0.433. The Labute approximate surface area is 550 Å². The Bertz CT molecular complexity index is 4510. The predicted octanol–water partition coefficient (Wildman–Crippen LogP) is 9.60. The van der Waals surface area contributed by atoms with Gasteiger partial charge in [-0.2, -0.15) is 23.7 Å². The molecule has 6 aromatic heterocycles. The molecule has 0 spiro atoms. The van der Waals surface area contributed by atoms with Gasteiger partial charge in [0, 0.05) is 93.5 Å². The molecule has 482 valence electrons. The van der Waals surface area contributed by atoms with E-state index in [4.69, 9.17) is 21.7 Å². The van der Waals surface area contributed by atoms with Gasteiger partial charge in [0.25, 0.3) is 5.91 Å². The van der Waals surface area contributed by atoms with Gasteiger partial charge in [-0.3, -0.25) is 19.6 Å². The molecular formula is C70H77N19O3S2. The maximum absolute atomic E-state index is 13.8. The molecule has 4 aliphatic rings. The van der Waals surface area contributed by atoms with E-state index in [2.05, 4.69) is 86.8 Å². The second-order valence-electron chi connectivity index (χ2n) is 25.3. The zero-order valence-corrected chi connectivity index (χ0v) is 54.4. The maximum atomic E-state index is 13.8. The zero-order chi connectivity index (χ0) is 64.3. The Morgan fingerprint density at radius 2 is 0.957 bits per heavy atom. The molecule has 2 aliphatic carbocycles. The van der Waals surface area contributed by atoms with Crippen molar-refractivity contribution in [2.75, 3.05) is 77.9 Å². The molecule has 8 heterocycles. The molecule has 5 aromatic carbocycles. The molecule has 2 saturated carbocycles. The lowest BCUT2D eigenvalue weighted by atomic mass is 9.90. The lowest BCUT2D eigenvalue weighted by Gasteiger charge is -2.41. The van der Waals surface area contributed by atoms with Crippen LogP contribution in [0.2, 0.25) is 0 Å². The van der Waals surface area contributed by atoms with Crippen molar-refractivity contribution in [3.8, 4) is 22.5 Å². The fourth-order valence-electron chi connectivity index (χ4n) is 14.2. The van der Waals surface area contributed by atoms with Crippen LogP contribution in [0, 0.1) is 0 Å². The molecule has 15 rings (SSSR count). The van der Waals surface area contributed by atoms with E-state index in [9.17, 15) is 13.2 Å². The number of pyridine rings is 1. The Balaban J connectivity index is 0.000000163. The lowest BCUT2D eigenvalue weighted by molar-refractivity contribution is 0.0815. The van der Waals surface area contributed by atoms with Crippen LogP contribution in [0.25, 0.3) is 55.6 Å². The van der Waals surface area contributed by atoms with Gasteiger partial charge >= 0.3 is 0 Å². The molecule has 4 fully saturated rings. The van der Waals surface area contributed by atoms with Gasteiger partial charge in [0.15, 0.2) is 11.3 Å². The van der Waals surface area contributed by atoms with Crippen LogP contribution in [0.4, 0.5) is 11.6 Å². The predicted molar refractivity (Wildman–Crippen MR) is 367 cm³/mol. The number of carbonyl (C=O) groups is 1. The number of benzene rings is 5. The van der Waals surface area contributed by atoms with Crippen molar-refractivity contribution in [1.82, 2.24) is 82.9 Å². The number of fused-ring (bicyclic) bond motifs is 3. The standard InChI is InChI=1S/C35H38N10O2S2.C35H39N9O/c1-43-18-20-44(21-19-43)26-14-16-27(17-15-26)45-35-30(34(36)37-22-38-35)32(39-45)25-12-10-24(11-13-25)31(23-6-3-2-4-7-23)42-49(46,47)29-9-5-8-28-33(29)41-48-40-28;1-42-19-21-43(22-20-42)28-11-13-29(14-12-28)44-34-30(33(36)38-23-39-34)32(41-44)26-9-7-25(8-10-26)31(24-5-3-2-4-6-24)40-35(45)27-15-17-37-18-16-27/h2-13,22,26-27,31,42H,14-21H2,1H3,(H2,36,37,38);2-10,15-18,23,28-29,31H,11-14,19-22H2,1H3,(H,40,45)(H2,36,38,39). The minimum absolute atomic E-state index is 0.0985. The quantitative estimate of drug-likeness (QED) is 0.0744. The third-order valence-electron chi connectivity index (χ3n) is 19.5. The highest BCUT2D eigenvalue weighted by Crippen LogP contribution is 2.40. The van der Waals surface area contributed by atoms with E-state index in [1.807, 2.05) is 109 Å². The first-order chi connectivity index (χ1) is 45.9. The number of nitrogens with zero attached hydrogens (tertiary/aromatic N) is 15. The van der Waals surface area contributed by atoms with E-state index in [0.717, 1.165) is 182 Å². The van der Waals surface area contributed by atoms with Gasteiger partial charge in [0.05, 0.1) is 46.7 Å². The minimum Gasteiger partial charge on any atom is -0.383 e. The lowest BCUT2D eigenvalue weighted by Crippen LogP contribution is -2.49. The van der Waals surface area contributed by atoms with Crippen LogP contribution < -0.4 is 21.5 Å². The highest BCUT2D eigenvalue weighted by Gasteiger charge is 2.34. The van der Waals surface area contributed by atoms with Crippen LogP contribution in [-0.4, -0.2) is 166 Å². The van der Waals surface area contributed by atoms with Crippen LogP contribution in [-0.2, 0) is 10.0 Å². The number of nitrogen functional groups attached to an aromatic ring is 2. The topological polar surface area (TPSA) is 266 Å². The van der Waals surface area contributed by atoms with Crippen LogP contribution in [0.15, 0.2) is 169 Å². The number of nitrogens with one attached hydrogen (secondary N) is 2. The summed E-state index contributed by atoms with van der Waals surface area (Å²) in [4.78, 5) is 45.4. The average molecular weight is 1300 g/mol. The number of sulfonamides is 1. The number of likely N-dealkylation sites (N-methyl/N-ethyl adjacent to an activating group) is 2. The van der Waals surface area contributed by atoms with Gasteiger partial charge in [0.2, 0.25) is 10.0 Å². The smallest absolute Gasteiger partial charge is 0.252 e. The number of piperazine rings is 2. The fourth-order valence-corrected chi connectivity index (χ4v) is 16.2. The fraction of sp³-hybridized carbons (Fsp3) is 0.343. The number of nitrogens with two attached hydrogens (primary N) is 2. The zero-order valence-electron chi connectivity index (χ0n) is 52.8. The van der Waals surface area contributed by atoms with E-state index in [1.54, 1.807) is 42.7 Å². The molecule has 6 N–H and O–H groups in total. The largest absolute Gasteiger partial charge is 0.383 e. The van der Waals surface area contributed by atoms with Gasteiger partial charge < -0.3 is 26.6 Å². The van der Waals surface area contributed by atoms with E-state index < -0.39 is 16.1 Å². The summed E-state index contributed by atoms with van der Waals surface area (Å²) < 4.78 is 43.2. The number of hydrogen-bond donors (Lipinski definition) is 4. The minimum atomic E-state index is -3.97. The SMILES string of the molecule is CN1CCN(C2CCC(n3nc(-c4ccc(C(NC(=O)c5ccncc5)c5ccccc5)cc4)c4c(N)ncnc43)CC2)CC1.CN1CCN(C2CCC(n3nc(-c4ccc(C(NS(=O)(=O)c5cccc6nsnc56)c5ccccc5)cc4)c4c(N)ncnc43)CC2)CC1. The van der Waals surface area contributed by atoms with E-state index in [0.29, 0.717) is 40.3 Å². The van der Waals surface area contributed by atoms with Gasteiger partial charge in [-0.1, -0.05) is 115 Å². The highest BCUT2D eigenvalue weighted by molar-refractivity contribution is 7.89. The van der Waals surface area contributed by atoms with E-state index in [-0.39, 0.29) is 28.9 Å². The van der Waals surface area contributed by atoms with Crippen molar-refractivity contribution < 1.29 is 13.2 Å². The van der Waals surface area contributed by atoms with Gasteiger partial charge in [-0.15, -0.1) is 0 Å². The third kappa shape index (κ3) is 13.1. The third-order valence-corrected chi connectivity index (χ3v) is 21.5. The molecule has 0 bridgehead atoms. The molecule has 24 heteroatoms. The number of amides is 1. The summed E-state index contributed by atoms with van der Waals surface area (Å²) in [6.07, 6.45) is 15.1. The number of carbonyl (C=O) groups excluding carboxylic acids is 1. The Morgan fingerprint density at radius 1 is 0.511 bits per heavy atom. The number of rotatable bonds is 15. The number of hydrogen-bond acceptors (Lipinski definition) is 19. The van der Waals surface area contributed by atoms with Gasteiger partial charge in [0.1, 0.15) is 51.6 Å². The van der Waals surface area contributed by atoms with Gasteiger partial charge in [-0.05, 0) is 112 Å².